The summed E-state index contributed by atoms with van der Waals surface area (Å²) in [7, 11) is -7.72. The molecule has 0 aromatic heterocycles. The van der Waals surface area contributed by atoms with Gasteiger partial charge in [0, 0.05) is 0 Å². The molecule has 1 aromatic carbocycles. The van der Waals surface area contributed by atoms with Gasteiger partial charge in [0.1, 0.15) is 0 Å². The molecule has 0 heterocycles. The van der Waals surface area contributed by atoms with Gasteiger partial charge in [0.15, 0.2) is 0 Å². The zero-order chi connectivity index (χ0) is 10.8. The molecule has 1 aromatic rings. The molecule has 0 unspecified atom stereocenters. The Morgan fingerprint density at radius 1 is 1.00 bits per heavy atom. The third-order valence-corrected chi connectivity index (χ3v) is 4.30. The standard InChI is InChI=1S/C7H9NO4S2/c1-13(9,10)8-14(11,12)7-5-3-2-4-6-7/h2-6,8H,1H3. The van der Waals surface area contributed by atoms with E-state index < -0.39 is 20.0 Å². The maximum absolute atomic E-state index is 11.4. The van der Waals surface area contributed by atoms with Crippen molar-refractivity contribution in [2.45, 2.75) is 4.90 Å². The van der Waals surface area contributed by atoms with Crippen molar-refractivity contribution in [3.05, 3.63) is 30.3 Å². The molecule has 0 aliphatic heterocycles. The van der Waals surface area contributed by atoms with Crippen LogP contribution in [0.1, 0.15) is 0 Å². The van der Waals surface area contributed by atoms with Gasteiger partial charge in [-0.1, -0.05) is 18.2 Å². The Bertz CT molecular complexity index is 504. The quantitative estimate of drug-likeness (QED) is 0.795. The lowest BCUT2D eigenvalue weighted by Gasteiger charge is -2.03. The Labute approximate surface area is 82.9 Å². The molecule has 14 heavy (non-hydrogen) atoms. The Morgan fingerprint density at radius 2 is 1.50 bits per heavy atom. The fraction of sp³-hybridized carbons (Fsp3) is 0.143. The highest BCUT2D eigenvalue weighted by Gasteiger charge is 2.18. The summed E-state index contributed by atoms with van der Waals surface area (Å²) in [5.41, 5.74) is 0. The summed E-state index contributed by atoms with van der Waals surface area (Å²) in [6, 6.07) is 7.29. The Morgan fingerprint density at radius 3 is 1.93 bits per heavy atom. The van der Waals surface area contributed by atoms with Gasteiger partial charge in [0.2, 0.25) is 10.0 Å². The molecule has 1 rings (SSSR count). The lowest BCUT2D eigenvalue weighted by molar-refractivity contribution is 0.580. The minimum atomic E-state index is -3.96. The van der Waals surface area contributed by atoms with Gasteiger partial charge in [0.05, 0.1) is 11.2 Å². The van der Waals surface area contributed by atoms with Crippen molar-refractivity contribution in [1.82, 2.24) is 4.13 Å². The van der Waals surface area contributed by atoms with E-state index in [2.05, 4.69) is 0 Å². The van der Waals surface area contributed by atoms with E-state index in [0.717, 1.165) is 6.26 Å². The summed E-state index contributed by atoms with van der Waals surface area (Å²) >= 11 is 0. The van der Waals surface area contributed by atoms with E-state index in [-0.39, 0.29) is 4.90 Å². The topological polar surface area (TPSA) is 80.3 Å². The minimum Gasteiger partial charge on any atom is -0.212 e. The van der Waals surface area contributed by atoms with Gasteiger partial charge in [-0.3, -0.25) is 0 Å². The van der Waals surface area contributed by atoms with Crippen LogP contribution in [0.5, 0.6) is 0 Å². The number of sulfonamides is 2. The largest absolute Gasteiger partial charge is 0.253 e. The van der Waals surface area contributed by atoms with Crippen LogP contribution in [0.3, 0.4) is 0 Å². The second kappa shape index (κ2) is 3.68. The molecule has 7 heteroatoms. The molecule has 0 saturated carbocycles. The Balaban J connectivity index is 3.12. The molecule has 0 aliphatic rings. The summed E-state index contributed by atoms with van der Waals surface area (Å²) in [5, 5.41) is 0. The SMILES string of the molecule is CS(=O)(=O)NS(=O)(=O)c1ccccc1. The van der Waals surface area contributed by atoms with Crippen LogP contribution in [0.4, 0.5) is 0 Å². The van der Waals surface area contributed by atoms with Gasteiger partial charge < -0.3 is 0 Å². The number of nitrogens with one attached hydrogen (secondary N) is 1. The van der Waals surface area contributed by atoms with E-state index in [1.807, 2.05) is 0 Å². The molecule has 0 amide bonds. The van der Waals surface area contributed by atoms with Crippen molar-refractivity contribution in [3.8, 4) is 0 Å². The second-order valence-electron chi connectivity index (χ2n) is 2.67. The molecular weight excluding hydrogens is 226 g/mol. The molecule has 1 N–H and O–H groups in total. The highest BCUT2D eigenvalue weighted by molar-refractivity contribution is 8.04. The molecule has 0 atom stereocenters. The molecule has 0 saturated heterocycles. The first-order valence-corrected chi connectivity index (χ1v) is 6.97. The summed E-state index contributed by atoms with van der Waals surface area (Å²) in [6.07, 6.45) is 0.785. The van der Waals surface area contributed by atoms with Crippen LogP contribution in [-0.4, -0.2) is 23.1 Å². The van der Waals surface area contributed by atoms with E-state index in [9.17, 15) is 16.8 Å². The second-order valence-corrected chi connectivity index (χ2v) is 6.36. The van der Waals surface area contributed by atoms with Crippen molar-refractivity contribution in [3.63, 3.8) is 0 Å². The molecular formula is C7H9NO4S2. The first-order chi connectivity index (χ1) is 6.31. The van der Waals surface area contributed by atoms with Crippen molar-refractivity contribution >= 4 is 20.0 Å². The first-order valence-electron chi connectivity index (χ1n) is 3.60. The van der Waals surface area contributed by atoms with Crippen LogP contribution in [0.15, 0.2) is 35.2 Å². The van der Waals surface area contributed by atoms with Crippen molar-refractivity contribution < 1.29 is 16.8 Å². The predicted molar refractivity (Wildman–Crippen MR) is 51.6 cm³/mol. The highest BCUT2D eigenvalue weighted by atomic mass is 32.3. The molecule has 78 valence electrons. The van der Waals surface area contributed by atoms with Gasteiger partial charge in [-0.15, -0.1) is 4.13 Å². The van der Waals surface area contributed by atoms with E-state index in [1.165, 1.54) is 24.3 Å². The smallest absolute Gasteiger partial charge is 0.212 e. The minimum absolute atomic E-state index is 0.0783. The molecule has 0 aliphatic carbocycles. The number of rotatable bonds is 3. The summed E-state index contributed by atoms with van der Waals surface area (Å²) in [4.78, 5) is -0.0783. The zero-order valence-corrected chi connectivity index (χ0v) is 8.97. The monoisotopic (exact) mass is 235 g/mol. The van der Waals surface area contributed by atoms with E-state index in [4.69, 9.17) is 0 Å². The fourth-order valence-electron chi connectivity index (χ4n) is 0.847. The van der Waals surface area contributed by atoms with Gasteiger partial charge in [-0.25, -0.2) is 16.8 Å². The lowest BCUT2D eigenvalue weighted by atomic mass is 10.4. The van der Waals surface area contributed by atoms with Crippen molar-refractivity contribution in [1.29, 1.82) is 0 Å². The number of hydrogen-bond acceptors (Lipinski definition) is 4. The van der Waals surface area contributed by atoms with Gasteiger partial charge in [-0.2, -0.15) is 0 Å². The van der Waals surface area contributed by atoms with Gasteiger partial charge >= 0.3 is 0 Å². The summed E-state index contributed by atoms with van der Waals surface area (Å²) in [5.74, 6) is 0. The third kappa shape index (κ3) is 3.09. The maximum atomic E-state index is 11.4. The molecule has 0 fully saturated rings. The van der Waals surface area contributed by atoms with Crippen LogP contribution in [0.2, 0.25) is 0 Å². The molecule has 5 nitrogen and oxygen atoms in total. The zero-order valence-electron chi connectivity index (χ0n) is 7.34. The normalized spacial score (nSPS) is 12.6. The number of benzene rings is 1. The van der Waals surface area contributed by atoms with Gasteiger partial charge in [0.25, 0.3) is 10.0 Å². The average molecular weight is 235 g/mol. The first kappa shape index (κ1) is 11.2. The maximum Gasteiger partial charge on any atom is 0.253 e. The van der Waals surface area contributed by atoms with Crippen LogP contribution < -0.4 is 4.13 Å². The van der Waals surface area contributed by atoms with Crippen LogP contribution in [0, 0.1) is 0 Å². The third-order valence-electron chi connectivity index (χ3n) is 1.31. The van der Waals surface area contributed by atoms with Crippen LogP contribution in [0.25, 0.3) is 0 Å². The molecule has 0 spiro atoms. The van der Waals surface area contributed by atoms with Crippen LogP contribution in [-0.2, 0) is 20.0 Å². The Kier molecular flexibility index (Phi) is 2.93. The van der Waals surface area contributed by atoms with E-state index in [0.29, 0.717) is 0 Å². The molecule has 0 bridgehead atoms. The van der Waals surface area contributed by atoms with E-state index in [1.54, 1.807) is 10.2 Å². The predicted octanol–water partition coefficient (Wildman–Crippen LogP) is -0.0755. The highest BCUT2D eigenvalue weighted by Crippen LogP contribution is 2.07. The fourth-order valence-corrected chi connectivity index (χ4v) is 3.34. The number of hydrogen-bond donors (Lipinski definition) is 1. The average Bonchev–Trinajstić information content (AvgIpc) is 2.01. The van der Waals surface area contributed by atoms with Crippen molar-refractivity contribution in [2.75, 3.05) is 6.26 Å². The van der Waals surface area contributed by atoms with Crippen LogP contribution >= 0.6 is 0 Å². The molecule has 0 radical (unpaired) electrons. The summed E-state index contributed by atoms with van der Waals surface area (Å²) in [6.45, 7) is 0. The van der Waals surface area contributed by atoms with E-state index >= 15 is 0 Å². The Hall–Kier alpha value is -0.920. The summed E-state index contributed by atoms with van der Waals surface area (Å²) < 4.78 is 45.7. The lowest BCUT2D eigenvalue weighted by Crippen LogP contribution is -2.29. The van der Waals surface area contributed by atoms with Crippen molar-refractivity contribution in [2.24, 2.45) is 0 Å². The van der Waals surface area contributed by atoms with Gasteiger partial charge in [-0.05, 0) is 12.1 Å².